The van der Waals surface area contributed by atoms with E-state index in [0.29, 0.717) is 6.54 Å². The highest BCUT2D eigenvalue weighted by Crippen LogP contribution is 2.27. The second-order valence-corrected chi connectivity index (χ2v) is 5.30. The maximum atomic E-state index is 12.1. The van der Waals surface area contributed by atoms with Gasteiger partial charge in [-0.1, -0.05) is 6.42 Å². The Morgan fingerprint density at radius 2 is 2.00 bits per heavy atom. The van der Waals surface area contributed by atoms with Gasteiger partial charge in [-0.25, -0.2) is 4.79 Å². The molecule has 0 aromatic heterocycles. The molecule has 1 saturated heterocycles. The van der Waals surface area contributed by atoms with Gasteiger partial charge in [-0.15, -0.1) is 0 Å². The van der Waals surface area contributed by atoms with Gasteiger partial charge in [0.2, 0.25) is 0 Å². The molecular weight excluding hydrogens is 259 g/mol. The van der Waals surface area contributed by atoms with Crippen molar-refractivity contribution in [3.63, 3.8) is 0 Å². The molecule has 4 nitrogen and oxygen atoms in total. The summed E-state index contributed by atoms with van der Waals surface area (Å²) >= 11 is 0. The Balaban J connectivity index is 1.82. The van der Waals surface area contributed by atoms with Gasteiger partial charge in [0.05, 0.1) is 0 Å². The molecule has 2 fully saturated rings. The average molecular weight is 279 g/mol. The van der Waals surface area contributed by atoms with Crippen molar-refractivity contribution in [3.8, 4) is 0 Å². The maximum Gasteiger partial charge on any atom is 0.405 e. The van der Waals surface area contributed by atoms with Crippen molar-refractivity contribution in [3.05, 3.63) is 0 Å². The molecule has 19 heavy (non-hydrogen) atoms. The first kappa shape index (κ1) is 14.4. The van der Waals surface area contributed by atoms with Crippen molar-refractivity contribution in [1.82, 2.24) is 15.5 Å². The number of alkyl halides is 3. The summed E-state index contributed by atoms with van der Waals surface area (Å²) in [6.07, 6.45) is 0.655. The number of nitrogens with zero attached hydrogens (tertiary/aromatic N) is 1. The van der Waals surface area contributed by atoms with Crippen LogP contribution in [0.4, 0.5) is 18.0 Å². The summed E-state index contributed by atoms with van der Waals surface area (Å²) < 4.78 is 36.3. The van der Waals surface area contributed by atoms with Crippen LogP contribution in [0.1, 0.15) is 32.1 Å². The number of carbonyl (C=O) groups excluding carboxylic acids is 1. The number of urea groups is 1. The molecule has 0 aromatic rings. The number of hydrogen-bond acceptors (Lipinski definition) is 2. The third kappa shape index (κ3) is 4.89. The first-order valence-corrected chi connectivity index (χ1v) is 6.80. The molecule has 0 aromatic carbocycles. The van der Waals surface area contributed by atoms with E-state index in [1.807, 2.05) is 5.32 Å². The number of carbonyl (C=O) groups is 1. The van der Waals surface area contributed by atoms with Crippen LogP contribution in [-0.4, -0.2) is 48.8 Å². The van der Waals surface area contributed by atoms with E-state index in [0.717, 1.165) is 38.6 Å². The fourth-order valence-corrected chi connectivity index (χ4v) is 2.38. The van der Waals surface area contributed by atoms with Gasteiger partial charge < -0.3 is 15.5 Å². The van der Waals surface area contributed by atoms with Crippen LogP contribution in [0, 0.1) is 0 Å². The summed E-state index contributed by atoms with van der Waals surface area (Å²) in [6.45, 7) is 0.175. The van der Waals surface area contributed by atoms with Crippen LogP contribution in [0.3, 0.4) is 0 Å². The Hall–Kier alpha value is -0.980. The van der Waals surface area contributed by atoms with E-state index in [1.165, 1.54) is 0 Å². The Bertz CT molecular complexity index is 312. The number of rotatable bonds is 4. The van der Waals surface area contributed by atoms with Crippen molar-refractivity contribution >= 4 is 6.03 Å². The van der Waals surface area contributed by atoms with Gasteiger partial charge in [-0.2, -0.15) is 13.2 Å². The van der Waals surface area contributed by atoms with Crippen LogP contribution in [0.15, 0.2) is 0 Å². The minimum atomic E-state index is -4.35. The Kier molecular flexibility index (Phi) is 4.54. The van der Waals surface area contributed by atoms with Crippen molar-refractivity contribution in [1.29, 1.82) is 0 Å². The third-order valence-corrected chi connectivity index (χ3v) is 3.52. The summed E-state index contributed by atoms with van der Waals surface area (Å²) in [5, 5.41) is 5.28. The van der Waals surface area contributed by atoms with E-state index in [2.05, 4.69) is 5.32 Å². The van der Waals surface area contributed by atoms with E-state index in [1.54, 1.807) is 4.90 Å². The zero-order chi connectivity index (χ0) is 13.9. The third-order valence-electron chi connectivity index (χ3n) is 3.52. The van der Waals surface area contributed by atoms with Crippen LogP contribution < -0.4 is 10.6 Å². The average Bonchev–Trinajstić information content (AvgIpc) is 3.18. The van der Waals surface area contributed by atoms with Gasteiger partial charge >= 0.3 is 12.2 Å². The minimum absolute atomic E-state index is 0.122. The normalized spacial score (nSPS) is 24.1. The first-order valence-electron chi connectivity index (χ1n) is 6.80. The van der Waals surface area contributed by atoms with Crippen LogP contribution in [-0.2, 0) is 0 Å². The standard InChI is InChI=1S/C12H20F3N3O/c13-12(14,15)8-17-11(19)18(10-4-5-10)7-9-3-1-2-6-16-9/h9-10,16H,1-8H2,(H,17,19). The van der Waals surface area contributed by atoms with E-state index in [4.69, 9.17) is 0 Å². The van der Waals surface area contributed by atoms with Gasteiger partial charge in [0.25, 0.3) is 0 Å². The molecule has 0 bridgehead atoms. The molecule has 7 heteroatoms. The first-order chi connectivity index (χ1) is 8.96. The van der Waals surface area contributed by atoms with Gasteiger partial charge in [0.15, 0.2) is 0 Å². The van der Waals surface area contributed by atoms with Gasteiger partial charge in [0.1, 0.15) is 6.54 Å². The molecule has 110 valence electrons. The molecule has 1 saturated carbocycles. The molecular formula is C12H20F3N3O. The Morgan fingerprint density at radius 3 is 2.53 bits per heavy atom. The van der Waals surface area contributed by atoms with Gasteiger partial charge in [-0.05, 0) is 32.2 Å². The van der Waals surface area contributed by atoms with Crippen molar-refractivity contribution in [2.24, 2.45) is 0 Å². The molecule has 1 unspecified atom stereocenters. The second kappa shape index (κ2) is 5.98. The van der Waals surface area contributed by atoms with E-state index in [-0.39, 0.29) is 12.1 Å². The van der Waals surface area contributed by atoms with E-state index >= 15 is 0 Å². The lowest BCUT2D eigenvalue weighted by atomic mass is 10.0. The fourth-order valence-electron chi connectivity index (χ4n) is 2.38. The lowest BCUT2D eigenvalue weighted by Gasteiger charge is -2.31. The molecule has 1 aliphatic carbocycles. The monoisotopic (exact) mass is 279 g/mol. The fraction of sp³-hybridized carbons (Fsp3) is 0.917. The van der Waals surface area contributed by atoms with Crippen molar-refractivity contribution < 1.29 is 18.0 Å². The molecule has 2 amide bonds. The molecule has 0 spiro atoms. The number of piperidine rings is 1. The molecule has 1 atom stereocenters. The summed E-state index contributed by atoms with van der Waals surface area (Å²) in [5.41, 5.74) is 0. The minimum Gasteiger partial charge on any atom is -0.329 e. The predicted molar refractivity (Wildman–Crippen MR) is 64.8 cm³/mol. The molecule has 2 rings (SSSR count). The highest BCUT2D eigenvalue weighted by atomic mass is 19.4. The quantitative estimate of drug-likeness (QED) is 0.825. The largest absolute Gasteiger partial charge is 0.405 e. The van der Waals surface area contributed by atoms with Gasteiger partial charge in [0, 0.05) is 18.6 Å². The molecule has 1 heterocycles. The van der Waals surface area contributed by atoms with E-state index in [9.17, 15) is 18.0 Å². The van der Waals surface area contributed by atoms with Crippen LogP contribution >= 0.6 is 0 Å². The SMILES string of the molecule is O=C(NCC(F)(F)F)N(CC1CCCCN1)C1CC1. The van der Waals surface area contributed by atoms with Crippen LogP contribution in [0.2, 0.25) is 0 Å². The molecule has 2 aliphatic rings. The lowest BCUT2D eigenvalue weighted by Crippen LogP contribution is -2.51. The summed E-state index contributed by atoms with van der Waals surface area (Å²) in [5.74, 6) is 0. The number of amides is 2. The summed E-state index contributed by atoms with van der Waals surface area (Å²) in [6, 6.07) is -0.254. The number of halogens is 3. The Morgan fingerprint density at radius 1 is 1.26 bits per heavy atom. The van der Waals surface area contributed by atoms with Crippen LogP contribution in [0.5, 0.6) is 0 Å². The topological polar surface area (TPSA) is 44.4 Å². The smallest absolute Gasteiger partial charge is 0.329 e. The zero-order valence-electron chi connectivity index (χ0n) is 10.8. The predicted octanol–water partition coefficient (Wildman–Crippen LogP) is 1.86. The summed E-state index contributed by atoms with van der Waals surface area (Å²) in [7, 11) is 0. The highest BCUT2D eigenvalue weighted by molar-refractivity contribution is 5.75. The molecule has 0 radical (unpaired) electrons. The zero-order valence-corrected chi connectivity index (χ0v) is 10.8. The molecule has 1 aliphatic heterocycles. The lowest BCUT2D eigenvalue weighted by molar-refractivity contribution is -0.123. The van der Waals surface area contributed by atoms with Crippen molar-refractivity contribution in [2.45, 2.75) is 50.4 Å². The Labute approximate surface area is 110 Å². The highest BCUT2D eigenvalue weighted by Gasteiger charge is 2.36. The maximum absolute atomic E-state index is 12.1. The second-order valence-electron chi connectivity index (χ2n) is 5.30. The van der Waals surface area contributed by atoms with Gasteiger partial charge in [-0.3, -0.25) is 0 Å². The van der Waals surface area contributed by atoms with Crippen LogP contribution in [0.25, 0.3) is 0 Å². The van der Waals surface area contributed by atoms with E-state index < -0.39 is 18.8 Å². The van der Waals surface area contributed by atoms with Crippen molar-refractivity contribution in [2.75, 3.05) is 19.6 Å². The molecule has 2 N–H and O–H groups in total. The number of hydrogen-bond donors (Lipinski definition) is 2. The number of nitrogens with one attached hydrogen (secondary N) is 2. The summed E-state index contributed by atoms with van der Waals surface area (Å²) in [4.78, 5) is 13.4.